The number of aryl methyl sites for hydroxylation is 1. The lowest BCUT2D eigenvalue weighted by Gasteiger charge is -2.34. The Hall–Kier alpha value is -3.40. The molecule has 3 rings (SSSR count). The smallest absolute Gasteiger partial charge is 0.243 e. The zero-order valence-electron chi connectivity index (χ0n) is 20.0. The van der Waals surface area contributed by atoms with Gasteiger partial charge in [0.25, 0.3) is 0 Å². The Morgan fingerprint density at radius 2 is 1.33 bits per heavy atom. The van der Waals surface area contributed by atoms with Gasteiger partial charge in [-0.25, -0.2) is 0 Å². The molecule has 1 N–H and O–H groups in total. The highest BCUT2D eigenvalue weighted by atomic mass is 16.2. The second-order valence-corrected chi connectivity index (χ2v) is 9.61. The standard InChI is InChI=1S/C29H34N2O2/c1-22-15-17-25(18-16-22)21-31(27(32)20-24-13-9-6-10-14-24)26(28(33)30-29(2,3)4)19-23-11-7-5-8-12-23/h5-18,26H,19-21H2,1-4H3,(H,30,33)/t26-/m0/s1. The van der Waals surface area contributed by atoms with Crippen molar-refractivity contribution in [1.29, 1.82) is 0 Å². The van der Waals surface area contributed by atoms with Crippen LogP contribution in [0.15, 0.2) is 84.9 Å². The van der Waals surface area contributed by atoms with Crippen LogP contribution in [-0.2, 0) is 29.0 Å². The maximum atomic E-state index is 13.6. The normalized spacial score (nSPS) is 12.1. The van der Waals surface area contributed by atoms with Crippen LogP contribution in [0.25, 0.3) is 0 Å². The summed E-state index contributed by atoms with van der Waals surface area (Å²) >= 11 is 0. The second-order valence-electron chi connectivity index (χ2n) is 9.61. The molecule has 0 unspecified atom stereocenters. The lowest BCUT2D eigenvalue weighted by atomic mass is 9.99. The molecular weight excluding hydrogens is 408 g/mol. The van der Waals surface area contributed by atoms with Gasteiger partial charge < -0.3 is 10.2 Å². The summed E-state index contributed by atoms with van der Waals surface area (Å²) in [5.74, 6) is -0.202. The molecule has 4 heteroatoms. The Morgan fingerprint density at radius 1 is 0.788 bits per heavy atom. The minimum Gasteiger partial charge on any atom is -0.350 e. The van der Waals surface area contributed by atoms with Gasteiger partial charge in [0.1, 0.15) is 6.04 Å². The molecule has 33 heavy (non-hydrogen) atoms. The van der Waals surface area contributed by atoms with E-state index in [-0.39, 0.29) is 18.2 Å². The number of nitrogens with zero attached hydrogens (tertiary/aromatic N) is 1. The number of carbonyl (C=O) groups excluding carboxylic acids is 2. The summed E-state index contributed by atoms with van der Waals surface area (Å²) in [7, 11) is 0. The molecule has 172 valence electrons. The summed E-state index contributed by atoms with van der Waals surface area (Å²) in [5.41, 5.74) is 3.72. The van der Waals surface area contributed by atoms with E-state index in [1.807, 2.05) is 113 Å². The number of benzene rings is 3. The monoisotopic (exact) mass is 442 g/mol. The molecule has 1 atom stereocenters. The molecule has 4 nitrogen and oxygen atoms in total. The number of hydrogen-bond acceptors (Lipinski definition) is 2. The lowest BCUT2D eigenvalue weighted by Crippen LogP contribution is -2.54. The first-order valence-electron chi connectivity index (χ1n) is 11.5. The highest BCUT2D eigenvalue weighted by Crippen LogP contribution is 2.18. The Labute approximate surface area is 197 Å². The topological polar surface area (TPSA) is 49.4 Å². The van der Waals surface area contributed by atoms with E-state index in [1.165, 1.54) is 0 Å². The maximum Gasteiger partial charge on any atom is 0.243 e. The number of amides is 2. The van der Waals surface area contributed by atoms with Gasteiger partial charge in [0, 0.05) is 18.5 Å². The van der Waals surface area contributed by atoms with Gasteiger partial charge in [-0.1, -0.05) is 90.5 Å². The van der Waals surface area contributed by atoms with Crippen LogP contribution in [-0.4, -0.2) is 28.3 Å². The van der Waals surface area contributed by atoms with Crippen molar-refractivity contribution in [1.82, 2.24) is 10.2 Å². The fraction of sp³-hybridized carbons (Fsp3) is 0.310. The van der Waals surface area contributed by atoms with Gasteiger partial charge in [-0.2, -0.15) is 0 Å². The fourth-order valence-electron chi connectivity index (χ4n) is 3.77. The van der Waals surface area contributed by atoms with Gasteiger partial charge in [-0.15, -0.1) is 0 Å². The van der Waals surface area contributed by atoms with E-state index in [4.69, 9.17) is 0 Å². The Morgan fingerprint density at radius 3 is 1.88 bits per heavy atom. The SMILES string of the molecule is Cc1ccc(CN(C(=O)Cc2ccccc2)[C@@H](Cc2ccccc2)C(=O)NC(C)(C)C)cc1. The molecule has 0 spiro atoms. The van der Waals surface area contributed by atoms with Crippen LogP contribution in [0.1, 0.15) is 43.0 Å². The van der Waals surface area contributed by atoms with Gasteiger partial charge in [-0.3, -0.25) is 9.59 Å². The van der Waals surface area contributed by atoms with E-state index in [0.29, 0.717) is 13.0 Å². The molecule has 2 amide bonds. The number of hydrogen-bond donors (Lipinski definition) is 1. The number of rotatable bonds is 8. The molecule has 0 aliphatic rings. The largest absolute Gasteiger partial charge is 0.350 e. The van der Waals surface area contributed by atoms with Crippen molar-refractivity contribution in [3.8, 4) is 0 Å². The Bertz CT molecular complexity index is 1040. The van der Waals surface area contributed by atoms with Crippen LogP contribution in [0.4, 0.5) is 0 Å². The summed E-state index contributed by atoms with van der Waals surface area (Å²) < 4.78 is 0. The first kappa shape index (κ1) is 24.2. The van der Waals surface area contributed by atoms with Crippen LogP contribution in [0.2, 0.25) is 0 Å². The zero-order valence-corrected chi connectivity index (χ0v) is 20.0. The summed E-state index contributed by atoms with van der Waals surface area (Å²) in [5, 5.41) is 3.10. The minimum absolute atomic E-state index is 0.0632. The third kappa shape index (κ3) is 7.60. The molecule has 0 saturated heterocycles. The third-order valence-electron chi connectivity index (χ3n) is 5.44. The van der Waals surface area contributed by atoms with Crippen molar-refractivity contribution in [3.63, 3.8) is 0 Å². The van der Waals surface area contributed by atoms with E-state index >= 15 is 0 Å². The molecule has 0 fully saturated rings. The van der Waals surface area contributed by atoms with Crippen molar-refractivity contribution in [2.45, 2.75) is 58.7 Å². The van der Waals surface area contributed by atoms with Crippen molar-refractivity contribution in [2.75, 3.05) is 0 Å². The van der Waals surface area contributed by atoms with Gasteiger partial charge in [0.2, 0.25) is 11.8 Å². The van der Waals surface area contributed by atoms with Crippen molar-refractivity contribution in [2.24, 2.45) is 0 Å². The highest BCUT2D eigenvalue weighted by Gasteiger charge is 2.32. The molecular formula is C29H34N2O2. The van der Waals surface area contributed by atoms with Crippen LogP contribution in [0.5, 0.6) is 0 Å². The molecule has 3 aromatic carbocycles. The van der Waals surface area contributed by atoms with Crippen LogP contribution in [0, 0.1) is 6.92 Å². The van der Waals surface area contributed by atoms with E-state index in [1.54, 1.807) is 4.90 Å². The quantitative estimate of drug-likeness (QED) is 0.528. The summed E-state index contributed by atoms with van der Waals surface area (Å²) in [6.45, 7) is 8.29. The van der Waals surface area contributed by atoms with Gasteiger partial charge in [0.15, 0.2) is 0 Å². The van der Waals surface area contributed by atoms with Gasteiger partial charge in [-0.05, 0) is 44.4 Å². The maximum absolute atomic E-state index is 13.6. The first-order chi connectivity index (χ1) is 15.7. The summed E-state index contributed by atoms with van der Waals surface area (Å²) in [4.78, 5) is 28.9. The van der Waals surface area contributed by atoms with Gasteiger partial charge in [0.05, 0.1) is 6.42 Å². The molecule has 0 aromatic heterocycles. The molecule has 0 aliphatic carbocycles. The second kappa shape index (κ2) is 11.0. The van der Waals surface area contributed by atoms with Crippen molar-refractivity contribution >= 4 is 11.8 Å². The average molecular weight is 443 g/mol. The van der Waals surface area contributed by atoms with E-state index in [2.05, 4.69) is 5.32 Å². The van der Waals surface area contributed by atoms with E-state index in [9.17, 15) is 9.59 Å². The minimum atomic E-state index is -0.621. The van der Waals surface area contributed by atoms with E-state index < -0.39 is 11.6 Å². The zero-order chi connectivity index (χ0) is 23.8. The molecule has 0 saturated carbocycles. The summed E-state index contributed by atoms with van der Waals surface area (Å²) in [6.07, 6.45) is 0.704. The summed E-state index contributed by atoms with van der Waals surface area (Å²) in [6, 6.07) is 27.1. The highest BCUT2D eigenvalue weighted by molar-refractivity contribution is 5.89. The predicted molar refractivity (Wildman–Crippen MR) is 134 cm³/mol. The third-order valence-corrected chi connectivity index (χ3v) is 5.44. The van der Waals surface area contributed by atoms with Crippen molar-refractivity contribution < 1.29 is 9.59 Å². The molecule has 3 aromatic rings. The van der Waals surface area contributed by atoms with E-state index in [0.717, 1.165) is 22.3 Å². The average Bonchev–Trinajstić information content (AvgIpc) is 2.77. The molecule has 0 bridgehead atoms. The van der Waals surface area contributed by atoms with Crippen molar-refractivity contribution in [3.05, 3.63) is 107 Å². The number of carbonyl (C=O) groups is 2. The molecule has 0 radical (unpaired) electrons. The predicted octanol–water partition coefficient (Wildman–Crippen LogP) is 5.09. The Balaban J connectivity index is 1.97. The van der Waals surface area contributed by atoms with Gasteiger partial charge >= 0.3 is 0 Å². The number of nitrogens with one attached hydrogen (secondary N) is 1. The van der Waals surface area contributed by atoms with Crippen LogP contribution >= 0.6 is 0 Å². The first-order valence-corrected chi connectivity index (χ1v) is 11.5. The molecule has 0 aliphatic heterocycles. The van der Waals surface area contributed by atoms with Crippen LogP contribution in [0.3, 0.4) is 0 Å². The lowest BCUT2D eigenvalue weighted by molar-refractivity contribution is -0.141. The Kier molecular flexibility index (Phi) is 8.05. The fourth-order valence-corrected chi connectivity index (χ4v) is 3.77. The molecule has 0 heterocycles. The van der Waals surface area contributed by atoms with Crippen LogP contribution < -0.4 is 5.32 Å².